The van der Waals surface area contributed by atoms with Crippen LogP contribution in [0.1, 0.15) is 18.1 Å². The SMILES string of the molecule is CCc1ccccc1NC(=O)C[NH+]1CC[NH+](CC(=O)Nc2ccc(C)cc2F)CC1. The van der Waals surface area contributed by atoms with Crippen molar-refractivity contribution in [3.63, 3.8) is 0 Å². The molecule has 1 saturated heterocycles. The molecule has 0 aliphatic carbocycles. The van der Waals surface area contributed by atoms with Crippen LogP contribution in [0, 0.1) is 12.7 Å². The zero-order chi connectivity index (χ0) is 21.5. The van der Waals surface area contributed by atoms with Crippen molar-refractivity contribution in [2.45, 2.75) is 20.3 Å². The van der Waals surface area contributed by atoms with Gasteiger partial charge in [-0.2, -0.15) is 0 Å². The van der Waals surface area contributed by atoms with E-state index in [1.807, 2.05) is 31.2 Å². The Morgan fingerprint density at radius 2 is 1.47 bits per heavy atom. The lowest BCUT2D eigenvalue weighted by Crippen LogP contribution is -3.28. The number of hydrogen-bond acceptors (Lipinski definition) is 2. The predicted molar refractivity (Wildman–Crippen MR) is 115 cm³/mol. The molecule has 7 heteroatoms. The van der Waals surface area contributed by atoms with Crippen LogP contribution in [0.15, 0.2) is 42.5 Å². The third-order valence-corrected chi connectivity index (χ3v) is 5.56. The monoisotopic (exact) mass is 414 g/mol. The fourth-order valence-electron chi connectivity index (χ4n) is 3.83. The van der Waals surface area contributed by atoms with Crippen LogP contribution in [-0.2, 0) is 16.0 Å². The van der Waals surface area contributed by atoms with E-state index in [9.17, 15) is 14.0 Å². The van der Waals surface area contributed by atoms with E-state index in [1.54, 1.807) is 12.1 Å². The summed E-state index contributed by atoms with van der Waals surface area (Å²) in [5.74, 6) is -0.588. The molecule has 2 aromatic carbocycles. The fourth-order valence-corrected chi connectivity index (χ4v) is 3.83. The third kappa shape index (κ3) is 6.11. The molecule has 0 atom stereocenters. The summed E-state index contributed by atoms with van der Waals surface area (Å²) in [5, 5.41) is 5.68. The van der Waals surface area contributed by atoms with E-state index in [0.717, 1.165) is 54.3 Å². The number of piperazine rings is 1. The molecule has 1 heterocycles. The van der Waals surface area contributed by atoms with Gasteiger partial charge in [-0.3, -0.25) is 9.59 Å². The minimum Gasteiger partial charge on any atom is -0.321 e. The maximum atomic E-state index is 13.9. The molecule has 4 N–H and O–H groups in total. The maximum absolute atomic E-state index is 13.9. The number of halogens is 1. The Morgan fingerprint density at radius 1 is 0.900 bits per heavy atom. The topological polar surface area (TPSA) is 67.1 Å². The van der Waals surface area contributed by atoms with Gasteiger partial charge in [-0.1, -0.05) is 31.2 Å². The third-order valence-electron chi connectivity index (χ3n) is 5.56. The smallest absolute Gasteiger partial charge is 0.279 e. The summed E-state index contributed by atoms with van der Waals surface area (Å²) >= 11 is 0. The Kier molecular flexibility index (Phi) is 7.54. The molecule has 160 valence electrons. The zero-order valence-electron chi connectivity index (χ0n) is 17.7. The minimum atomic E-state index is -0.414. The second kappa shape index (κ2) is 10.3. The summed E-state index contributed by atoms with van der Waals surface area (Å²) in [6.07, 6.45) is 0.875. The molecule has 0 unspecified atom stereocenters. The molecule has 0 saturated carbocycles. The number of rotatable bonds is 7. The Labute approximate surface area is 177 Å². The number of nitrogens with one attached hydrogen (secondary N) is 4. The molecule has 30 heavy (non-hydrogen) atoms. The van der Waals surface area contributed by atoms with Crippen molar-refractivity contribution in [1.82, 2.24) is 0 Å². The van der Waals surface area contributed by atoms with Crippen LogP contribution in [0.4, 0.5) is 15.8 Å². The first-order valence-corrected chi connectivity index (χ1v) is 10.6. The number of aryl methyl sites for hydroxylation is 2. The van der Waals surface area contributed by atoms with Crippen molar-refractivity contribution in [1.29, 1.82) is 0 Å². The fraction of sp³-hybridized carbons (Fsp3) is 0.391. The molecule has 0 bridgehead atoms. The van der Waals surface area contributed by atoms with Gasteiger partial charge in [0.25, 0.3) is 11.8 Å². The van der Waals surface area contributed by atoms with E-state index < -0.39 is 5.82 Å². The first-order valence-electron chi connectivity index (χ1n) is 10.6. The zero-order valence-corrected chi connectivity index (χ0v) is 17.7. The number of amides is 2. The molecule has 0 spiro atoms. The molecular formula is C23H31FN4O2+2. The highest BCUT2D eigenvalue weighted by Crippen LogP contribution is 2.15. The molecule has 1 fully saturated rings. The van der Waals surface area contributed by atoms with Crippen LogP contribution in [-0.4, -0.2) is 51.1 Å². The van der Waals surface area contributed by atoms with Gasteiger partial charge in [0.1, 0.15) is 32.0 Å². The number of anilines is 2. The van der Waals surface area contributed by atoms with Crippen molar-refractivity contribution >= 4 is 23.2 Å². The molecule has 6 nitrogen and oxygen atoms in total. The average molecular weight is 415 g/mol. The number of hydrogen-bond donors (Lipinski definition) is 4. The highest BCUT2D eigenvalue weighted by molar-refractivity contribution is 5.92. The standard InChI is InChI=1S/C23H29FN4O2/c1-3-18-6-4-5-7-20(18)25-22(29)15-27-10-12-28(13-11-27)16-23(30)26-21-9-8-17(2)14-19(21)24/h4-9,14H,3,10-13,15-16H2,1-2H3,(H,25,29)(H,26,30)/p+2. The molecule has 0 radical (unpaired) electrons. The summed E-state index contributed by atoms with van der Waals surface area (Å²) in [6.45, 7) is 7.86. The largest absolute Gasteiger partial charge is 0.321 e. The molecule has 1 aliphatic heterocycles. The van der Waals surface area contributed by atoms with Crippen LogP contribution in [0.5, 0.6) is 0 Å². The van der Waals surface area contributed by atoms with Crippen LogP contribution in [0.3, 0.4) is 0 Å². The minimum absolute atomic E-state index is 0.0157. The van der Waals surface area contributed by atoms with Crippen molar-refractivity contribution in [2.24, 2.45) is 0 Å². The summed E-state index contributed by atoms with van der Waals surface area (Å²) in [4.78, 5) is 27.1. The van der Waals surface area contributed by atoms with Crippen LogP contribution >= 0.6 is 0 Å². The lowest BCUT2D eigenvalue weighted by atomic mass is 10.1. The Morgan fingerprint density at radius 3 is 2.03 bits per heavy atom. The molecule has 1 aliphatic rings. The molecule has 2 amide bonds. The average Bonchev–Trinajstić information content (AvgIpc) is 2.72. The van der Waals surface area contributed by atoms with E-state index in [2.05, 4.69) is 17.6 Å². The van der Waals surface area contributed by atoms with E-state index in [-0.39, 0.29) is 17.5 Å². The van der Waals surface area contributed by atoms with Gasteiger partial charge in [0.2, 0.25) is 0 Å². The summed E-state index contributed by atoms with van der Waals surface area (Å²) in [7, 11) is 0. The normalized spacial score (nSPS) is 18.6. The van der Waals surface area contributed by atoms with Crippen molar-refractivity contribution < 1.29 is 23.8 Å². The lowest BCUT2D eigenvalue weighted by molar-refractivity contribution is -1.00. The number of quaternary nitrogens is 2. The maximum Gasteiger partial charge on any atom is 0.279 e. The summed E-state index contributed by atoms with van der Waals surface area (Å²) in [6, 6.07) is 12.6. The van der Waals surface area contributed by atoms with Gasteiger partial charge in [0.05, 0.1) is 5.69 Å². The highest BCUT2D eigenvalue weighted by atomic mass is 19.1. The van der Waals surface area contributed by atoms with Gasteiger partial charge in [0.15, 0.2) is 13.1 Å². The van der Waals surface area contributed by atoms with Crippen LogP contribution in [0.2, 0.25) is 0 Å². The second-order valence-corrected chi connectivity index (χ2v) is 7.94. The van der Waals surface area contributed by atoms with E-state index >= 15 is 0 Å². The van der Waals surface area contributed by atoms with Crippen molar-refractivity contribution in [2.75, 3.05) is 49.9 Å². The van der Waals surface area contributed by atoms with Crippen LogP contribution < -0.4 is 20.4 Å². The molecule has 3 rings (SSSR count). The van der Waals surface area contributed by atoms with Gasteiger partial charge in [-0.05, 0) is 42.7 Å². The van der Waals surface area contributed by atoms with E-state index in [0.29, 0.717) is 13.1 Å². The number of benzene rings is 2. The Balaban J connectivity index is 1.42. The van der Waals surface area contributed by atoms with Crippen molar-refractivity contribution in [3.05, 3.63) is 59.4 Å². The number of para-hydroxylation sites is 1. The first kappa shape index (κ1) is 21.9. The van der Waals surface area contributed by atoms with Gasteiger partial charge in [-0.25, -0.2) is 4.39 Å². The molecule has 0 aromatic heterocycles. The van der Waals surface area contributed by atoms with Gasteiger partial charge in [-0.15, -0.1) is 0 Å². The second-order valence-electron chi connectivity index (χ2n) is 7.94. The Hall–Kier alpha value is -2.77. The van der Waals surface area contributed by atoms with E-state index in [1.165, 1.54) is 11.0 Å². The number of carbonyl (C=O) groups is 2. The van der Waals surface area contributed by atoms with Gasteiger partial charge >= 0.3 is 0 Å². The predicted octanol–water partition coefficient (Wildman–Crippen LogP) is 0.0571. The first-order chi connectivity index (χ1) is 14.4. The summed E-state index contributed by atoms with van der Waals surface area (Å²) in [5.41, 5.74) is 3.05. The summed E-state index contributed by atoms with van der Waals surface area (Å²) < 4.78 is 13.9. The van der Waals surface area contributed by atoms with E-state index in [4.69, 9.17) is 0 Å². The van der Waals surface area contributed by atoms with Crippen molar-refractivity contribution in [3.8, 4) is 0 Å². The Bertz CT molecular complexity index is 895. The van der Waals surface area contributed by atoms with Crippen LogP contribution in [0.25, 0.3) is 0 Å². The highest BCUT2D eigenvalue weighted by Gasteiger charge is 2.26. The molecule has 2 aromatic rings. The number of carbonyl (C=O) groups excluding carboxylic acids is 2. The van der Waals surface area contributed by atoms with Gasteiger partial charge in [0, 0.05) is 5.69 Å². The molecular weight excluding hydrogens is 383 g/mol. The quantitative estimate of drug-likeness (QED) is 0.518. The lowest BCUT2D eigenvalue weighted by Gasteiger charge is -2.29. The van der Waals surface area contributed by atoms with Gasteiger partial charge < -0.3 is 20.4 Å².